The number of carbonyl (C=O) groups is 2. The maximum Gasteiger partial charge on any atom is 0.333 e. The van der Waals surface area contributed by atoms with Gasteiger partial charge in [-0.2, -0.15) is 0 Å². The molecule has 0 bridgehead atoms. The quantitative estimate of drug-likeness (QED) is 0.764. The van der Waals surface area contributed by atoms with Crippen LogP contribution in [0.1, 0.15) is 20.3 Å². The van der Waals surface area contributed by atoms with Crippen LogP contribution in [0.5, 0.6) is 0 Å². The monoisotopic (exact) mass is 338 g/mol. The molecule has 0 aliphatic carbocycles. The van der Waals surface area contributed by atoms with Crippen LogP contribution in [0.3, 0.4) is 0 Å². The van der Waals surface area contributed by atoms with Crippen LogP contribution in [0.25, 0.3) is 0 Å². The zero-order valence-corrected chi connectivity index (χ0v) is 13.6. The Balaban J connectivity index is 3.38. The first-order valence-electron chi connectivity index (χ1n) is 6.63. The smallest absolute Gasteiger partial charge is 0.333 e. The minimum absolute atomic E-state index is 0.0233. The summed E-state index contributed by atoms with van der Waals surface area (Å²) in [6.45, 7) is 6.69. The van der Waals surface area contributed by atoms with Crippen molar-refractivity contribution < 1.29 is 23.1 Å². The van der Waals surface area contributed by atoms with Crippen LogP contribution in [0.15, 0.2) is 53.1 Å². The molecule has 124 valence electrons. The van der Waals surface area contributed by atoms with Crippen LogP contribution in [0.4, 0.5) is 5.69 Å². The lowest BCUT2D eigenvalue weighted by Gasteiger charge is -2.20. The Bertz CT molecular complexity index is 764. The third-order valence-corrected chi connectivity index (χ3v) is 3.90. The first-order valence-corrected chi connectivity index (χ1v) is 8.18. The first-order chi connectivity index (χ1) is 10.6. The van der Waals surface area contributed by atoms with E-state index in [-0.39, 0.29) is 22.5 Å². The van der Waals surface area contributed by atoms with E-state index in [1.807, 2.05) is 0 Å². The zero-order valence-electron chi connectivity index (χ0n) is 12.8. The van der Waals surface area contributed by atoms with Crippen LogP contribution in [-0.2, 0) is 19.6 Å². The van der Waals surface area contributed by atoms with Crippen LogP contribution >= 0.6 is 0 Å². The SMILES string of the molecule is C=C(C)C(=O)N(C=C(CC)C(=O)O)c1ccc(S(N)(=O)=O)cc1. The highest BCUT2D eigenvalue weighted by atomic mass is 32.2. The molecule has 1 rings (SSSR count). The van der Waals surface area contributed by atoms with Gasteiger partial charge in [-0.1, -0.05) is 13.5 Å². The molecule has 0 aliphatic rings. The van der Waals surface area contributed by atoms with E-state index in [0.29, 0.717) is 5.69 Å². The van der Waals surface area contributed by atoms with Crippen LogP contribution in [0, 0.1) is 0 Å². The van der Waals surface area contributed by atoms with Crippen molar-refractivity contribution in [3.05, 3.63) is 48.2 Å². The molecule has 3 N–H and O–H groups in total. The summed E-state index contributed by atoms with van der Waals surface area (Å²) < 4.78 is 22.5. The van der Waals surface area contributed by atoms with Crippen LogP contribution in [-0.4, -0.2) is 25.4 Å². The number of hydrogen-bond donors (Lipinski definition) is 2. The van der Waals surface area contributed by atoms with Gasteiger partial charge >= 0.3 is 5.97 Å². The number of amides is 1. The fraction of sp³-hybridized carbons (Fsp3) is 0.200. The summed E-state index contributed by atoms with van der Waals surface area (Å²) in [4.78, 5) is 24.4. The molecule has 0 saturated carbocycles. The fourth-order valence-electron chi connectivity index (χ4n) is 1.71. The van der Waals surface area contributed by atoms with Gasteiger partial charge in [-0.15, -0.1) is 0 Å². The van der Waals surface area contributed by atoms with E-state index in [1.54, 1.807) is 6.92 Å². The largest absolute Gasteiger partial charge is 0.478 e. The second-order valence-electron chi connectivity index (χ2n) is 4.81. The molecular formula is C15H18N2O5S. The Kier molecular flexibility index (Phi) is 5.83. The van der Waals surface area contributed by atoms with Gasteiger partial charge in [0.15, 0.2) is 0 Å². The summed E-state index contributed by atoms with van der Waals surface area (Å²) in [6, 6.07) is 5.21. The van der Waals surface area contributed by atoms with Gasteiger partial charge in [-0.3, -0.25) is 9.69 Å². The standard InChI is InChI=1S/C15H18N2O5S/c1-4-11(15(19)20)9-17(14(18)10(2)3)12-5-7-13(8-6-12)23(16,21)22/h5-9H,2,4H2,1,3H3,(H,19,20)(H2,16,21,22). The van der Waals surface area contributed by atoms with Crippen molar-refractivity contribution in [1.82, 2.24) is 0 Å². The predicted octanol–water partition coefficient (Wildman–Crippen LogP) is 1.62. The van der Waals surface area contributed by atoms with Crippen molar-refractivity contribution in [2.24, 2.45) is 5.14 Å². The molecule has 8 heteroatoms. The summed E-state index contributed by atoms with van der Waals surface area (Å²) >= 11 is 0. The minimum atomic E-state index is -3.85. The summed E-state index contributed by atoms with van der Waals surface area (Å²) in [7, 11) is -3.85. The molecular weight excluding hydrogens is 320 g/mol. The highest BCUT2D eigenvalue weighted by Crippen LogP contribution is 2.21. The van der Waals surface area contributed by atoms with E-state index in [1.165, 1.54) is 37.4 Å². The highest BCUT2D eigenvalue weighted by molar-refractivity contribution is 7.89. The lowest BCUT2D eigenvalue weighted by atomic mass is 10.2. The Labute approximate surface area is 134 Å². The van der Waals surface area contributed by atoms with Gasteiger partial charge < -0.3 is 5.11 Å². The number of aliphatic carboxylic acids is 1. The van der Waals surface area contributed by atoms with E-state index in [4.69, 9.17) is 10.2 Å². The Hall–Kier alpha value is -2.45. The summed E-state index contributed by atoms with van der Waals surface area (Å²) in [5, 5.41) is 14.1. The first kappa shape index (κ1) is 18.6. The summed E-state index contributed by atoms with van der Waals surface area (Å²) in [5.74, 6) is -1.64. The van der Waals surface area contributed by atoms with Gasteiger partial charge in [-0.05, 0) is 37.6 Å². The van der Waals surface area contributed by atoms with E-state index in [2.05, 4.69) is 6.58 Å². The molecule has 0 atom stereocenters. The maximum absolute atomic E-state index is 12.2. The predicted molar refractivity (Wildman–Crippen MR) is 86.1 cm³/mol. The van der Waals surface area contributed by atoms with Crippen molar-refractivity contribution in [3.8, 4) is 0 Å². The minimum Gasteiger partial charge on any atom is -0.478 e. The summed E-state index contributed by atoms with van der Waals surface area (Å²) in [6.07, 6.45) is 1.41. The number of nitrogens with two attached hydrogens (primary N) is 1. The van der Waals surface area contributed by atoms with Crippen molar-refractivity contribution in [2.45, 2.75) is 25.2 Å². The molecule has 0 heterocycles. The average molecular weight is 338 g/mol. The van der Waals surface area contributed by atoms with Crippen LogP contribution < -0.4 is 10.0 Å². The number of sulfonamides is 1. The molecule has 0 aromatic heterocycles. The van der Waals surface area contributed by atoms with E-state index < -0.39 is 21.9 Å². The Morgan fingerprint density at radius 1 is 1.30 bits per heavy atom. The molecule has 0 saturated heterocycles. The number of hydrogen-bond acceptors (Lipinski definition) is 4. The molecule has 0 fully saturated rings. The molecule has 1 amide bonds. The van der Waals surface area contributed by atoms with Gasteiger partial charge in [0.25, 0.3) is 5.91 Å². The number of anilines is 1. The Morgan fingerprint density at radius 3 is 2.17 bits per heavy atom. The zero-order chi connectivity index (χ0) is 17.8. The number of carbonyl (C=O) groups excluding carboxylic acids is 1. The molecule has 0 spiro atoms. The van der Waals surface area contributed by atoms with E-state index >= 15 is 0 Å². The van der Waals surface area contributed by atoms with Gasteiger partial charge in [-0.25, -0.2) is 18.4 Å². The third kappa shape index (κ3) is 4.76. The molecule has 1 aromatic rings. The van der Waals surface area contributed by atoms with Crippen LogP contribution in [0.2, 0.25) is 0 Å². The van der Waals surface area contributed by atoms with E-state index in [9.17, 15) is 18.0 Å². The third-order valence-electron chi connectivity index (χ3n) is 2.97. The molecule has 0 radical (unpaired) electrons. The number of primary sulfonamides is 1. The van der Waals surface area contributed by atoms with Crippen molar-refractivity contribution in [2.75, 3.05) is 4.90 Å². The second-order valence-corrected chi connectivity index (χ2v) is 6.37. The van der Waals surface area contributed by atoms with Crippen molar-refractivity contribution in [1.29, 1.82) is 0 Å². The second kappa shape index (κ2) is 7.21. The highest BCUT2D eigenvalue weighted by Gasteiger charge is 2.18. The van der Waals surface area contributed by atoms with Crippen molar-refractivity contribution >= 4 is 27.6 Å². The summed E-state index contributed by atoms with van der Waals surface area (Å²) in [5.41, 5.74) is 0.533. The molecule has 1 aromatic carbocycles. The molecule has 0 aliphatic heterocycles. The van der Waals surface area contributed by atoms with E-state index in [0.717, 1.165) is 4.90 Å². The number of rotatable bonds is 6. The lowest BCUT2D eigenvalue weighted by molar-refractivity contribution is -0.132. The number of nitrogens with zero attached hydrogens (tertiary/aromatic N) is 1. The van der Waals surface area contributed by atoms with Crippen molar-refractivity contribution in [3.63, 3.8) is 0 Å². The van der Waals surface area contributed by atoms with Gasteiger partial charge in [0.05, 0.1) is 10.5 Å². The maximum atomic E-state index is 12.2. The molecule has 23 heavy (non-hydrogen) atoms. The number of benzene rings is 1. The van der Waals surface area contributed by atoms with Gasteiger partial charge in [0.1, 0.15) is 0 Å². The number of carboxylic acid groups (broad SMARTS) is 1. The average Bonchev–Trinajstić information content (AvgIpc) is 2.46. The normalized spacial score (nSPS) is 11.9. The fourth-order valence-corrected chi connectivity index (χ4v) is 2.22. The molecule has 7 nitrogen and oxygen atoms in total. The topological polar surface area (TPSA) is 118 Å². The van der Waals surface area contributed by atoms with Gasteiger partial charge in [0.2, 0.25) is 10.0 Å². The number of carboxylic acids is 1. The Morgan fingerprint density at radius 2 is 1.83 bits per heavy atom. The van der Waals surface area contributed by atoms with Gasteiger partial charge in [0, 0.05) is 17.5 Å². The lowest BCUT2D eigenvalue weighted by Crippen LogP contribution is -2.27. The molecule has 0 unspecified atom stereocenters.